The zero-order valence-electron chi connectivity index (χ0n) is 7.21. The van der Waals surface area contributed by atoms with Gasteiger partial charge >= 0.3 is 0 Å². The molecule has 0 aliphatic carbocycles. The minimum absolute atomic E-state index is 0.109. The Morgan fingerprint density at radius 2 is 2.31 bits per heavy atom. The lowest BCUT2D eigenvalue weighted by atomic mass is 9.95. The number of carbonyl (C=O) groups excluding carboxylic acids is 1. The molecule has 0 heterocycles. The van der Waals surface area contributed by atoms with Gasteiger partial charge in [-0.3, -0.25) is 4.79 Å². The molecular weight excluding hydrogens is 170 g/mol. The van der Waals surface area contributed by atoms with Crippen LogP contribution < -0.4 is 4.74 Å². The van der Waals surface area contributed by atoms with Crippen molar-refractivity contribution >= 4 is 13.6 Å². The molecule has 0 unspecified atom stereocenters. The zero-order valence-corrected chi connectivity index (χ0v) is 7.21. The molecule has 0 bridgehead atoms. The van der Waals surface area contributed by atoms with Gasteiger partial charge in [-0.15, -0.1) is 0 Å². The lowest BCUT2D eigenvalue weighted by molar-refractivity contribution is 0.101. The van der Waals surface area contributed by atoms with Crippen LogP contribution in [0.15, 0.2) is 18.2 Å². The molecule has 0 saturated carbocycles. The Kier molecular flexibility index (Phi) is 3.06. The van der Waals surface area contributed by atoms with Crippen molar-refractivity contribution in [3.05, 3.63) is 29.6 Å². The lowest BCUT2D eigenvalue weighted by Crippen LogP contribution is -2.01. The Hall–Kier alpha value is -1.32. The molecule has 0 saturated heterocycles. The van der Waals surface area contributed by atoms with E-state index >= 15 is 0 Å². The van der Waals surface area contributed by atoms with Gasteiger partial charge in [-0.25, -0.2) is 4.39 Å². The van der Waals surface area contributed by atoms with Crippen molar-refractivity contribution in [2.24, 2.45) is 0 Å². The molecule has 0 aliphatic heterocycles. The van der Waals surface area contributed by atoms with Crippen molar-refractivity contribution < 1.29 is 13.9 Å². The van der Waals surface area contributed by atoms with E-state index in [9.17, 15) is 9.18 Å². The number of halogens is 1. The fourth-order valence-corrected chi connectivity index (χ4v) is 1.01. The Bertz CT molecular complexity index is 325. The van der Waals surface area contributed by atoms with Crippen LogP contribution in [0.25, 0.3) is 0 Å². The van der Waals surface area contributed by atoms with E-state index in [1.165, 1.54) is 19.2 Å². The SMILES string of the molecule is [B]CC(=O)c1ccc(F)cc1OC. The summed E-state index contributed by atoms with van der Waals surface area (Å²) in [5.74, 6) is -0.488. The largest absolute Gasteiger partial charge is 0.496 e. The van der Waals surface area contributed by atoms with Crippen LogP contribution in [0.4, 0.5) is 4.39 Å². The third-order valence-corrected chi connectivity index (χ3v) is 1.65. The molecule has 4 heteroatoms. The third kappa shape index (κ3) is 2.08. The summed E-state index contributed by atoms with van der Waals surface area (Å²) in [6.07, 6.45) is -0.109. The van der Waals surface area contributed by atoms with E-state index in [-0.39, 0.29) is 17.9 Å². The molecule has 0 amide bonds. The van der Waals surface area contributed by atoms with Gasteiger partial charge in [0.15, 0.2) is 5.78 Å². The smallest absolute Gasteiger partial charge is 0.158 e. The number of ketones is 1. The van der Waals surface area contributed by atoms with Crippen LogP contribution in [0.1, 0.15) is 10.4 Å². The normalized spacial score (nSPS) is 9.69. The van der Waals surface area contributed by atoms with E-state index in [4.69, 9.17) is 12.6 Å². The van der Waals surface area contributed by atoms with Crippen LogP contribution in [-0.2, 0) is 0 Å². The Balaban J connectivity index is 3.13. The van der Waals surface area contributed by atoms with Gasteiger partial charge in [0.2, 0.25) is 0 Å². The maximum Gasteiger partial charge on any atom is 0.158 e. The summed E-state index contributed by atoms with van der Waals surface area (Å²) in [5.41, 5.74) is 0.311. The first-order valence-corrected chi connectivity index (χ1v) is 3.76. The van der Waals surface area contributed by atoms with Gasteiger partial charge in [0.1, 0.15) is 11.6 Å². The highest BCUT2D eigenvalue weighted by Gasteiger charge is 2.10. The van der Waals surface area contributed by atoms with Gasteiger partial charge < -0.3 is 4.74 Å². The van der Waals surface area contributed by atoms with Crippen molar-refractivity contribution in [3.8, 4) is 5.75 Å². The van der Waals surface area contributed by atoms with E-state index in [1.807, 2.05) is 0 Å². The highest BCUT2D eigenvalue weighted by Crippen LogP contribution is 2.20. The lowest BCUT2D eigenvalue weighted by Gasteiger charge is -2.05. The van der Waals surface area contributed by atoms with Gasteiger partial charge in [-0.05, 0) is 18.5 Å². The predicted molar refractivity (Wildman–Crippen MR) is 47.8 cm³/mol. The molecule has 0 aliphatic rings. The van der Waals surface area contributed by atoms with Crippen molar-refractivity contribution in [2.45, 2.75) is 6.32 Å². The van der Waals surface area contributed by atoms with Crippen molar-refractivity contribution in [2.75, 3.05) is 7.11 Å². The summed E-state index contributed by atoms with van der Waals surface area (Å²) < 4.78 is 17.5. The molecule has 2 radical (unpaired) electrons. The molecule has 0 atom stereocenters. The fraction of sp³-hybridized carbons (Fsp3) is 0.222. The van der Waals surface area contributed by atoms with Crippen LogP contribution in [0.3, 0.4) is 0 Å². The predicted octanol–water partition coefficient (Wildman–Crippen LogP) is 1.60. The van der Waals surface area contributed by atoms with E-state index < -0.39 is 5.82 Å². The first-order valence-electron chi connectivity index (χ1n) is 3.76. The third-order valence-electron chi connectivity index (χ3n) is 1.65. The number of carbonyl (C=O) groups is 1. The van der Waals surface area contributed by atoms with Crippen molar-refractivity contribution in [1.29, 1.82) is 0 Å². The number of ether oxygens (including phenoxy) is 1. The molecule has 2 nitrogen and oxygen atoms in total. The minimum atomic E-state index is -0.439. The Morgan fingerprint density at radius 1 is 1.62 bits per heavy atom. The summed E-state index contributed by atoms with van der Waals surface area (Å²) in [5, 5.41) is 0. The van der Waals surface area contributed by atoms with Gasteiger partial charge in [0.25, 0.3) is 0 Å². The first-order chi connectivity index (χ1) is 6.19. The standard InChI is InChI=1S/C9H8BFO2/c1-13-9-4-6(11)2-3-7(9)8(12)5-10/h2-4H,5H2,1H3. The van der Waals surface area contributed by atoms with Crippen molar-refractivity contribution in [3.63, 3.8) is 0 Å². The highest BCUT2D eigenvalue weighted by molar-refractivity contribution is 6.24. The van der Waals surface area contributed by atoms with Crippen LogP contribution >= 0.6 is 0 Å². The molecule has 1 aromatic rings. The second-order valence-corrected chi connectivity index (χ2v) is 2.47. The maximum absolute atomic E-state index is 12.7. The maximum atomic E-state index is 12.7. The van der Waals surface area contributed by atoms with Crippen LogP contribution in [-0.4, -0.2) is 20.7 Å². The molecule has 0 aromatic heterocycles. The summed E-state index contributed by atoms with van der Waals surface area (Å²) in [6, 6.07) is 3.72. The molecule has 0 spiro atoms. The summed E-state index contributed by atoms with van der Waals surface area (Å²) >= 11 is 0. The molecule has 0 fully saturated rings. The monoisotopic (exact) mass is 178 g/mol. The average Bonchev–Trinajstić information content (AvgIpc) is 2.16. The number of methoxy groups -OCH3 is 1. The number of benzene rings is 1. The van der Waals surface area contributed by atoms with Crippen LogP contribution in [0.5, 0.6) is 5.75 Å². The quantitative estimate of drug-likeness (QED) is 0.519. The number of Topliss-reactive ketones (excluding diaryl/α,β-unsaturated/α-hetero) is 1. The van der Waals surface area contributed by atoms with Gasteiger partial charge in [0, 0.05) is 6.07 Å². The second-order valence-electron chi connectivity index (χ2n) is 2.47. The molecule has 0 N–H and O–H groups in total. The van der Waals surface area contributed by atoms with E-state index in [2.05, 4.69) is 0 Å². The summed E-state index contributed by atoms with van der Waals surface area (Å²) in [6.45, 7) is 0. The molecule has 13 heavy (non-hydrogen) atoms. The van der Waals surface area contributed by atoms with Crippen molar-refractivity contribution in [1.82, 2.24) is 0 Å². The van der Waals surface area contributed by atoms with Crippen LogP contribution in [0.2, 0.25) is 6.32 Å². The Labute approximate surface area is 77.1 Å². The molecule has 66 valence electrons. The molecular formula is C9H8BFO2. The highest BCUT2D eigenvalue weighted by atomic mass is 19.1. The Morgan fingerprint density at radius 3 is 2.85 bits per heavy atom. The minimum Gasteiger partial charge on any atom is -0.496 e. The van der Waals surface area contributed by atoms with Crippen LogP contribution in [0, 0.1) is 5.82 Å². The second kappa shape index (κ2) is 4.07. The summed E-state index contributed by atoms with van der Waals surface area (Å²) in [4.78, 5) is 11.2. The number of hydrogen-bond donors (Lipinski definition) is 0. The van der Waals surface area contributed by atoms with E-state index in [0.717, 1.165) is 6.07 Å². The topological polar surface area (TPSA) is 26.3 Å². The zero-order chi connectivity index (χ0) is 9.84. The van der Waals surface area contributed by atoms with E-state index in [0.29, 0.717) is 5.56 Å². The van der Waals surface area contributed by atoms with Gasteiger partial charge in [-0.1, -0.05) is 0 Å². The number of hydrogen-bond acceptors (Lipinski definition) is 2. The average molecular weight is 178 g/mol. The fourth-order valence-electron chi connectivity index (χ4n) is 1.01. The van der Waals surface area contributed by atoms with Gasteiger partial charge in [-0.2, -0.15) is 0 Å². The first kappa shape index (κ1) is 9.77. The van der Waals surface area contributed by atoms with E-state index in [1.54, 1.807) is 0 Å². The van der Waals surface area contributed by atoms with Gasteiger partial charge in [0.05, 0.1) is 20.5 Å². The number of rotatable bonds is 3. The molecule has 1 aromatic carbocycles. The molecule has 1 rings (SSSR count). The summed E-state index contributed by atoms with van der Waals surface area (Å²) in [7, 11) is 6.54.